The van der Waals surface area contributed by atoms with Gasteiger partial charge in [0.25, 0.3) is 5.89 Å². The van der Waals surface area contributed by atoms with Crippen molar-refractivity contribution in [3.8, 4) is 22.7 Å². The molecule has 1 amide bonds. The van der Waals surface area contributed by atoms with Crippen LogP contribution in [-0.2, 0) is 6.18 Å². The van der Waals surface area contributed by atoms with Gasteiger partial charge in [0.2, 0.25) is 5.95 Å². The monoisotopic (exact) mass is 487 g/mol. The number of hydrogen-bond acceptors (Lipinski definition) is 7. The minimum atomic E-state index is -4.68. The van der Waals surface area contributed by atoms with Gasteiger partial charge < -0.3 is 24.8 Å². The molecule has 1 fully saturated rings. The Bertz CT molecular complexity index is 1400. The number of aryl methyl sites for hydroxylation is 1. The van der Waals surface area contributed by atoms with Crippen LogP contribution in [0.25, 0.3) is 33.6 Å². The van der Waals surface area contributed by atoms with Crippen molar-refractivity contribution in [1.29, 1.82) is 0 Å². The Hall–Kier alpha value is -4.16. The van der Waals surface area contributed by atoms with Crippen molar-refractivity contribution in [2.75, 3.05) is 18.4 Å². The standard InChI is InChI=1S/C22H20F3N7O3/c1-11-28-19(35-31-11)12-4-5-14-15(8-26-17(14)7-12)18-16(22(23,24)25)9-27-20(30-18)29-13-3-2-6-32(10-13)21(33)34/h4-5,7-9,13,26H,2-3,6,10H2,1H3,(H,33,34)(H,27,29,30)/t13-/m0/s1. The number of alkyl halides is 3. The third-order valence-electron chi connectivity index (χ3n) is 5.83. The number of likely N-dealkylation sites (tertiary alicyclic amines) is 1. The molecule has 1 saturated heterocycles. The van der Waals surface area contributed by atoms with Crippen LogP contribution < -0.4 is 5.32 Å². The third kappa shape index (κ3) is 4.48. The van der Waals surface area contributed by atoms with Gasteiger partial charge in [0, 0.05) is 53.6 Å². The molecule has 1 aliphatic heterocycles. The maximum absolute atomic E-state index is 13.8. The predicted octanol–water partition coefficient (Wildman–Crippen LogP) is 4.56. The number of amides is 1. The Kier molecular flexibility index (Phi) is 5.53. The van der Waals surface area contributed by atoms with Crippen molar-refractivity contribution in [2.45, 2.75) is 32.0 Å². The van der Waals surface area contributed by atoms with Crippen LogP contribution in [0, 0.1) is 6.92 Å². The molecule has 35 heavy (non-hydrogen) atoms. The number of aromatic amines is 1. The Balaban J connectivity index is 1.52. The number of hydrogen-bond donors (Lipinski definition) is 3. The fourth-order valence-corrected chi connectivity index (χ4v) is 4.18. The normalized spacial score (nSPS) is 16.6. The molecule has 0 saturated carbocycles. The predicted molar refractivity (Wildman–Crippen MR) is 119 cm³/mol. The van der Waals surface area contributed by atoms with Gasteiger partial charge in [-0.05, 0) is 31.9 Å². The molecule has 3 N–H and O–H groups in total. The van der Waals surface area contributed by atoms with Gasteiger partial charge in [-0.2, -0.15) is 18.2 Å². The highest BCUT2D eigenvalue weighted by molar-refractivity contribution is 5.97. The number of halogens is 3. The fourth-order valence-electron chi connectivity index (χ4n) is 4.18. The number of benzene rings is 1. The molecule has 4 aromatic rings. The van der Waals surface area contributed by atoms with E-state index in [4.69, 9.17) is 4.52 Å². The van der Waals surface area contributed by atoms with Gasteiger partial charge in [0.1, 0.15) is 5.56 Å². The number of carbonyl (C=O) groups is 1. The summed E-state index contributed by atoms with van der Waals surface area (Å²) in [5.41, 5.74) is 0.179. The minimum Gasteiger partial charge on any atom is -0.465 e. The summed E-state index contributed by atoms with van der Waals surface area (Å²) in [5.74, 6) is 0.762. The van der Waals surface area contributed by atoms with E-state index < -0.39 is 17.8 Å². The number of nitrogens with one attached hydrogen (secondary N) is 2. The van der Waals surface area contributed by atoms with Gasteiger partial charge in [0.15, 0.2) is 5.82 Å². The van der Waals surface area contributed by atoms with E-state index >= 15 is 0 Å². The molecule has 5 rings (SSSR count). The number of fused-ring (bicyclic) bond motifs is 1. The number of anilines is 1. The summed E-state index contributed by atoms with van der Waals surface area (Å²) >= 11 is 0. The summed E-state index contributed by atoms with van der Waals surface area (Å²) < 4.78 is 46.7. The van der Waals surface area contributed by atoms with Crippen molar-refractivity contribution in [3.63, 3.8) is 0 Å². The minimum absolute atomic E-state index is 0.00227. The molecule has 0 aliphatic carbocycles. The molecule has 4 heterocycles. The van der Waals surface area contributed by atoms with E-state index in [0.717, 1.165) is 6.20 Å². The van der Waals surface area contributed by atoms with Gasteiger partial charge in [0.05, 0.1) is 5.69 Å². The lowest BCUT2D eigenvalue weighted by atomic mass is 10.0. The van der Waals surface area contributed by atoms with Gasteiger partial charge in [-0.15, -0.1) is 0 Å². The van der Waals surface area contributed by atoms with E-state index in [2.05, 4.69) is 30.4 Å². The quantitative estimate of drug-likeness (QED) is 0.382. The van der Waals surface area contributed by atoms with E-state index in [-0.39, 0.29) is 29.8 Å². The smallest absolute Gasteiger partial charge is 0.419 e. The van der Waals surface area contributed by atoms with Crippen LogP contribution in [-0.4, -0.2) is 60.3 Å². The largest absolute Gasteiger partial charge is 0.465 e. The van der Waals surface area contributed by atoms with Crippen molar-refractivity contribution in [2.24, 2.45) is 0 Å². The van der Waals surface area contributed by atoms with E-state index in [9.17, 15) is 23.1 Å². The summed E-state index contributed by atoms with van der Waals surface area (Å²) in [6.45, 7) is 2.29. The molecule has 1 aliphatic rings. The van der Waals surface area contributed by atoms with E-state index in [1.807, 2.05) is 0 Å². The Morgan fingerprint density at radius 3 is 2.86 bits per heavy atom. The number of aromatic nitrogens is 5. The average Bonchev–Trinajstić information content (AvgIpc) is 3.44. The molecular weight excluding hydrogens is 467 g/mol. The molecule has 13 heteroatoms. The van der Waals surface area contributed by atoms with Gasteiger partial charge in [-0.25, -0.2) is 14.8 Å². The van der Waals surface area contributed by atoms with Crippen LogP contribution in [0.4, 0.5) is 23.9 Å². The van der Waals surface area contributed by atoms with Crippen LogP contribution in [0.2, 0.25) is 0 Å². The first-order valence-corrected chi connectivity index (χ1v) is 10.8. The lowest BCUT2D eigenvalue weighted by Gasteiger charge is -2.31. The van der Waals surface area contributed by atoms with Crippen molar-refractivity contribution < 1.29 is 27.6 Å². The Labute approximate surface area is 196 Å². The van der Waals surface area contributed by atoms with Crippen molar-refractivity contribution in [1.82, 2.24) is 30.0 Å². The number of piperidine rings is 1. The molecule has 3 aromatic heterocycles. The summed E-state index contributed by atoms with van der Waals surface area (Å²) in [7, 11) is 0. The highest BCUT2D eigenvalue weighted by Gasteiger charge is 2.36. The molecule has 0 unspecified atom stereocenters. The molecule has 10 nitrogen and oxygen atoms in total. The van der Waals surface area contributed by atoms with Crippen LogP contribution in [0.15, 0.2) is 35.1 Å². The zero-order valence-corrected chi connectivity index (χ0v) is 18.4. The second-order valence-corrected chi connectivity index (χ2v) is 8.28. The summed E-state index contributed by atoms with van der Waals surface area (Å²) in [6, 6.07) is 4.75. The topological polar surface area (TPSA) is 133 Å². The highest BCUT2D eigenvalue weighted by atomic mass is 19.4. The van der Waals surface area contributed by atoms with Crippen LogP contribution in [0.5, 0.6) is 0 Å². The van der Waals surface area contributed by atoms with Crippen LogP contribution in [0.1, 0.15) is 24.2 Å². The van der Waals surface area contributed by atoms with Crippen LogP contribution in [0.3, 0.4) is 0 Å². The average molecular weight is 487 g/mol. The highest BCUT2D eigenvalue weighted by Crippen LogP contribution is 2.39. The number of H-pyrrole nitrogens is 1. The number of nitrogens with zero attached hydrogens (tertiary/aromatic N) is 5. The van der Waals surface area contributed by atoms with E-state index in [1.165, 1.54) is 11.1 Å². The Morgan fingerprint density at radius 2 is 2.14 bits per heavy atom. The first-order valence-electron chi connectivity index (χ1n) is 10.8. The van der Waals surface area contributed by atoms with Gasteiger partial charge >= 0.3 is 12.3 Å². The lowest BCUT2D eigenvalue weighted by Crippen LogP contribution is -2.44. The van der Waals surface area contributed by atoms with Crippen molar-refractivity contribution >= 4 is 22.9 Å². The fraction of sp³-hybridized carbons (Fsp3) is 0.318. The Morgan fingerprint density at radius 1 is 1.31 bits per heavy atom. The number of carboxylic acid groups (broad SMARTS) is 1. The van der Waals surface area contributed by atoms with Gasteiger partial charge in [-0.1, -0.05) is 11.2 Å². The summed E-state index contributed by atoms with van der Waals surface area (Å²) in [5, 5.41) is 16.5. The molecule has 182 valence electrons. The zero-order chi connectivity index (χ0) is 24.7. The molecule has 0 spiro atoms. The first kappa shape index (κ1) is 22.6. The van der Waals surface area contributed by atoms with E-state index in [0.29, 0.717) is 47.6 Å². The SMILES string of the molecule is Cc1noc(-c2ccc3c(-c4nc(N[C@H]5CCCN(C(=O)O)C5)ncc4C(F)(F)F)c[nH]c3c2)n1. The van der Waals surface area contributed by atoms with Gasteiger partial charge in [-0.3, -0.25) is 0 Å². The first-order chi connectivity index (χ1) is 16.7. The third-order valence-corrected chi connectivity index (χ3v) is 5.83. The summed E-state index contributed by atoms with van der Waals surface area (Å²) in [6.07, 6.45) is -2.24. The number of rotatable bonds is 4. The zero-order valence-electron chi connectivity index (χ0n) is 18.4. The van der Waals surface area contributed by atoms with Crippen LogP contribution >= 0.6 is 0 Å². The lowest BCUT2D eigenvalue weighted by molar-refractivity contribution is -0.137. The van der Waals surface area contributed by atoms with Crippen molar-refractivity contribution in [3.05, 3.63) is 42.0 Å². The molecule has 0 bridgehead atoms. The molecule has 1 aromatic carbocycles. The van der Waals surface area contributed by atoms with E-state index in [1.54, 1.807) is 25.1 Å². The molecular formula is C22H20F3N7O3. The second-order valence-electron chi connectivity index (χ2n) is 8.28. The summed E-state index contributed by atoms with van der Waals surface area (Å²) in [4.78, 5) is 27.8. The molecule has 0 radical (unpaired) electrons. The second kappa shape index (κ2) is 8.56. The molecule has 1 atom stereocenters. The maximum Gasteiger partial charge on any atom is 0.419 e. The maximum atomic E-state index is 13.8.